The SMILES string of the molecule is c1ccc(-c2ccc(-c3cc(-c4cccc5c4oc4cc6ccccc6cc45)cc(-c4cccc5c4sc4ccccc45)c3)cc2)cc1. The Morgan fingerprint density at radius 3 is 1.75 bits per heavy atom. The Labute approximate surface area is 282 Å². The molecule has 0 aliphatic heterocycles. The van der Waals surface area contributed by atoms with Crippen LogP contribution < -0.4 is 0 Å². The topological polar surface area (TPSA) is 13.1 Å². The molecule has 8 aromatic carbocycles. The summed E-state index contributed by atoms with van der Waals surface area (Å²) in [7, 11) is 0. The smallest absolute Gasteiger partial charge is 0.143 e. The maximum absolute atomic E-state index is 6.71. The maximum atomic E-state index is 6.71. The summed E-state index contributed by atoms with van der Waals surface area (Å²) in [6, 6.07) is 61.5. The summed E-state index contributed by atoms with van der Waals surface area (Å²) in [4.78, 5) is 0. The molecule has 2 aromatic heterocycles. The number of furan rings is 1. The van der Waals surface area contributed by atoms with E-state index in [-0.39, 0.29) is 0 Å². The quantitative estimate of drug-likeness (QED) is 0.189. The van der Waals surface area contributed by atoms with Gasteiger partial charge in [0.05, 0.1) is 0 Å². The van der Waals surface area contributed by atoms with Gasteiger partial charge in [-0.25, -0.2) is 0 Å². The van der Waals surface area contributed by atoms with Gasteiger partial charge in [0, 0.05) is 36.5 Å². The molecule has 0 aliphatic rings. The van der Waals surface area contributed by atoms with Crippen LogP contribution in [0.1, 0.15) is 0 Å². The van der Waals surface area contributed by atoms with Gasteiger partial charge in [0.15, 0.2) is 0 Å². The lowest BCUT2D eigenvalue weighted by Gasteiger charge is -2.13. The monoisotopic (exact) mass is 628 g/mol. The number of hydrogen-bond acceptors (Lipinski definition) is 2. The van der Waals surface area contributed by atoms with Crippen LogP contribution >= 0.6 is 11.3 Å². The first kappa shape index (κ1) is 27.2. The molecule has 0 atom stereocenters. The van der Waals surface area contributed by atoms with E-state index in [0.717, 1.165) is 33.1 Å². The van der Waals surface area contributed by atoms with Crippen molar-refractivity contribution in [2.45, 2.75) is 0 Å². The fourth-order valence-corrected chi connectivity index (χ4v) is 8.51. The second kappa shape index (κ2) is 10.8. The lowest BCUT2D eigenvalue weighted by atomic mass is 9.91. The zero-order chi connectivity index (χ0) is 31.6. The number of para-hydroxylation sites is 1. The molecule has 0 aliphatic carbocycles. The van der Waals surface area contributed by atoms with E-state index in [4.69, 9.17) is 4.42 Å². The van der Waals surface area contributed by atoms with Crippen LogP contribution in [-0.4, -0.2) is 0 Å². The largest absolute Gasteiger partial charge is 0.455 e. The summed E-state index contributed by atoms with van der Waals surface area (Å²) < 4.78 is 9.34. The fraction of sp³-hybridized carbons (Fsp3) is 0. The average Bonchev–Trinajstić information content (AvgIpc) is 3.72. The molecule has 48 heavy (non-hydrogen) atoms. The highest BCUT2D eigenvalue weighted by molar-refractivity contribution is 7.26. The lowest BCUT2D eigenvalue weighted by Crippen LogP contribution is -1.87. The Bertz CT molecular complexity index is 2820. The standard InChI is InChI=1S/C46H28OS/c1-2-10-29(11-3-1)30-20-22-31(23-21-30)34-24-35(26-36(25-34)38-16-9-18-41-39-14-6-7-19-44(39)48-46(38)41)37-15-8-17-40-42-27-32-12-4-5-13-33(32)28-43(42)47-45(37)40/h1-28H. The van der Waals surface area contributed by atoms with Gasteiger partial charge in [-0.05, 0) is 86.1 Å². The zero-order valence-electron chi connectivity index (χ0n) is 26.0. The maximum Gasteiger partial charge on any atom is 0.143 e. The van der Waals surface area contributed by atoms with Crippen LogP contribution in [0.2, 0.25) is 0 Å². The summed E-state index contributed by atoms with van der Waals surface area (Å²) in [5.74, 6) is 0. The van der Waals surface area contributed by atoms with Crippen molar-refractivity contribution in [2.24, 2.45) is 0 Å². The van der Waals surface area contributed by atoms with Gasteiger partial charge in [0.2, 0.25) is 0 Å². The molecular weight excluding hydrogens is 601 g/mol. The number of hydrogen-bond donors (Lipinski definition) is 0. The molecule has 10 aromatic rings. The highest BCUT2D eigenvalue weighted by Crippen LogP contribution is 2.44. The lowest BCUT2D eigenvalue weighted by molar-refractivity contribution is 0.670. The minimum Gasteiger partial charge on any atom is -0.455 e. The predicted molar refractivity (Wildman–Crippen MR) is 206 cm³/mol. The molecule has 0 bridgehead atoms. The molecule has 0 unspecified atom stereocenters. The van der Waals surface area contributed by atoms with Crippen molar-refractivity contribution in [1.82, 2.24) is 0 Å². The summed E-state index contributed by atoms with van der Waals surface area (Å²) in [6.45, 7) is 0. The van der Waals surface area contributed by atoms with E-state index >= 15 is 0 Å². The van der Waals surface area contributed by atoms with Gasteiger partial charge in [-0.2, -0.15) is 0 Å². The van der Waals surface area contributed by atoms with E-state index < -0.39 is 0 Å². The highest BCUT2D eigenvalue weighted by Gasteiger charge is 2.17. The zero-order valence-corrected chi connectivity index (χ0v) is 26.8. The van der Waals surface area contributed by atoms with E-state index in [0.29, 0.717) is 0 Å². The van der Waals surface area contributed by atoms with Gasteiger partial charge in [-0.15, -0.1) is 11.3 Å². The van der Waals surface area contributed by atoms with Gasteiger partial charge in [-0.1, -0.05) is 133 Å². The van der Waals surface area contributed by atoms with Crippen LogP contribution in [0, 0.1) is 0 Å². The molecule has 2 heteroatoms. The van der Waals surface area contributed by atoms with E-state index in [1.165, 1.54) is 64.3 Å². The first-order valence-electron chi connectivity index (χ1n) is 16.3. The van der Waals surface area contributed by atoms with Crippen molar-refractivity contribution >= 4 is 64.2 Å². The van der Waals surface area contributed by atoms with Crippen LogP contribution in [-0.2, 0) is 0 Å². The van der Waals surface area contributed by atoms with E-state index in [1.807, 2.05) is 11.3 Å². The van der Waals surface area contributed by atoms with E-state index in [2.05, 4.69) is 170 Å². The van der Waals surface area contributed by atoms with Crippen molar-refractivity contribution in [3.8, 4) is 44.5 Å². The molecular formula is C46H28OS. The number of fused-ring (bicyclic) bond motifs is 7. The minimum absolute atomic E-state index is 0.916. The Morgan fingerprint density at radius 2 is 0.938 bits per heavy atom. The van der Waals surface area contributed by atoms with Crippen LogP contribution in [0.5, 0.6) is 0 Å². The Hall–Kier alpha value is -5.96. The number of thiophene rings is 1. The summed E-state index contributed by atoms with van der Waals surface area (Å²) in [5, 5.41) is 7.31. The van der Waals surface area contributed by atoms with E-state index in [1.54, 1.807) is 0 Å². The summed E-state index contributed by atoms with van der Waals surface area (Å²) >= 11 is 1.87. The third-order valence-electron chi connectivity index (χ3n) is 9.65. The minimum atomic E-state index is 0.916. The molecule has 0 N–H and O–H groups in total. The summed E-state index contributed by atoms with van der Waals surface area (Å²) in [6.07, 6.45) is 0. The van der Waals surface area contributed by atoms with Crippen LogP contribution in [0.25, 0.3) is 97.4 Å². The molecule has 224 valence electrons. The Balaban J connectivity index is 1.21. The molecule has 0 amide bonds. The first-order valence-corrected chi connectivity index (χ1v) is 17.1. The number of rotatable bonds is 4. The first-order chi connectivity index (χ1) is 23.8. The molecule has 2 heterocycles. The predicted octanol–water partition coefficient (Wildman–Crippen LogP) is 13.8. The Kier molecular flexibility index (Phi) is 6.12. The van der Waals surface area contributed by atoms with Crippen LogP contribution in [0.4, 0.5) is 0 Å². The Morgan fingerprint density at radius 1 is 0.354 bits per heavy atom. The van der Waals surface area contributed by atoms with Crippen molar-refractivity contribution in [1.29, 1.82) is 0 Å². The summed E-state index contributed by atoms with van der Waals surface area (Å²) in [5.41, 5.74) is 11.3. The molecule has 0 radical (unpaired) electrons. The molecule has 10 rings (SSSR count). The van der Waals surface area contributed by atoms with Gasteiger partial charge in [-0.3, -0.25) is 0 Å². The van der Waals surface area contributed by atoms with Crippen molar-refractivity contribution < 1.29 is 4.42 Å². The normalized spacial score (nSPS) is 11.8. The van der Waals surface area contributed by atoms with Crippen molar-refractivity contribution in [2.75, 3.05) is 0 Å². The fourth-order valence-electron chi connectivity index (χ4n) is 7.28. The van der Waals surface area contributed by atoms with E-state index in [9.17, 15) is 0 Å². The number of benzene rings is 8. The second-order valence-corrected chi connectivity index (χ2v) is 13.6. The van der Waals surface area contributed by atoms with Crippen LogP contribution in [0.3, 0.4) is 0 Å². The van der Waals surface area contributed by atoms with Gasteiger partial charge in [0.25, 0.3) is 0 Å². The molecule has 1 nitrogen and oxygen atoms in total. The third kappa shape index (κ3) is 4.38. The van der Waals surface area contributed by atoms with Gasteiger partial charge in [0.1, 0.15) is 11.2 Å². The molecule has 0 fully saturated rings. The van der Waals surface area contributed by atoms with Gasteiger partial charge < -0.3 is 4.42 Å². The molecule has 0 saturated carbocycles. The average molecular weight is 629 g/mol. The van der Waals surface area contributed by atoms with Gasteiger partial charge >= 0.3 is 0 Å². The molecule has 0 saturated heterocycles. The highest BCUT2D eigenvalue weighted by atomic mass is 32.1. The van der Waals surface area contributed by atoms with Crippen molar-refractivity contribution in [3.05, 3.63) is 170 Å². The third-order valence-corrected chi connectivity index (χ3v) is 10.9. The second-order valence-electron chi connectivity index (χ2n) is 12.5. The van der Waals surface area contributed by atoms with Crippen molar-refractivity contribution in [3.63, 3.8) is 0 Å². The van der Waals surface area contributed by atoms with Crippen LogP contribution in [0.15, 0.2) is 174 Å². The molecule has 0 spiro atoms.